The molecular formula is C30H37N3O4S. The normalized spacial score (nSPS) is 12.0. The molecule has 0 fully saturated rings. The van der Waals surface area contributed by atoms with Gasteiger partial charge in [-0.15, -0.1) is 0 Å². The molecule has 2 amide bonds. The van der Waals surface area contributed by atoms with Crippen molar-refractivity contribution in [3.63, 3.8) is 0 Å². The molecule has 0 aliphatic carbocycles. The maximum absolute atomic E-state index is 14.0. The second-order valence-electron chi connectivity index (χ2n) is 9.42. The molecule has 0 radical (unpaired) electrons. The zero-order chi connectivity index (χ0) is 27.9. The molecule has 1 N–H and O–H groups in total. The Morgan fingerprint density at radius 2 is 1.53 bits per heavy atom. The van der Waals surface area contributed by atoms with Crippen LogP contribution >= 0.6 is 0 Å². The number of amides is 2. The molecular weight excluding hydrogens is 498 g/mol. The van der Waals surface area contributed by atoms with Crippen LogP contribution < -0.4 is 9.62 Å². The first-order valence-electron chi connectivity index (χ1n) is 12.9. The number of hydrogen-bond acceptors (Lipinski definition) is 4. The number of carbonyl (C=O) groups excluding carboxylic acids is 2. The van der Waals surface area contributed by atoms with Crippen molar-refractivity contribution in [2.75, 3.05) is 17.4 Å². The summed E-state index contributed by atoms with van der Waals surface area (Å²) in [6.45, 7) is 9.57. The Morgan fingerprint density at radius 1 is 0.868 bits per heavy atom. The van der Waals surface area contributed by atoms with Gasteiger partial charge in [0.2, 0.25) is 11.8 Å². The predicted octanol–water partition coefficient (Wildman–Crippen LogP) is 4.75. The highest BCUT2D eigenvalue weighted by atomic mass is 32.2. The summed E-state index contributed by atoms with van der Waals surface area (Å²) < 4.78 is 29.0. The minimum atomic E-state index is -4.08. The number of rotatable bonds is 11. The molecule has 0 saturated carbocycles. The molecule has 0 unspecified atom stereocenters. The van der Waals surface area contributed by atoms with Crippen molar-refractivity contribution in [3.05, 3.63) is 95.1 Å². The van der Waals surface area contributed by atoms with E-state index in [1.54, 1.807) is 36.4 Å². The van der Waals surface area contributed by atoms with E-state index in [9.17, 15) is 18.0 Å². The molecule has 38 heavy (non-hydrogen) atoms. The number of likely N-dealkylation sites (N-methyl/N-ethyl adjacent to an activating group) is 1. The lowest BCUT2D eigenvalue weighted by atomic mass is 10.1. The summed E-state index contributed by atoms with van der Waals surface area (Å²) in [6, 6.07) is 20.5. The summed E-state index contributed by atoms with van der Waals surface area (Å²) in [4.78, 5) is 28.5. The number of sulfonamides is 1. The molecule has 3 rings (SSSR count). The van der Waals surface area contributed by atoms with Crippen LogP contribution in [0.3, 0.4) is 0 Å². The maximum atomic E-state index is 14.0. The second kappa shape index (κ2) is 12.7. The van der Waals surface area contributed by atoms with Crippen molar-refractivity contribution < 1.29 is 18.0 Å². The van der Waals surface area contributed by atoms with Crippen LogP contribution in [-0.4, -0.2) is 44.3 Å². The van der Waals surface area contributed by atoms with E-state index in [2.05, 4.69) is 5.32 Å². The summed E-state index contributed by atoms with van der Waals surface area (Å²) in [7, 11) is -4.08. The van der Waals surface area contributed by atoms with Gasteiger partial charge in [-0.05, 0) is 75.1 Å². The number of aryl methyl sites for hydroxylation is 3. The number of carbonyl (C=O) groups is 2. The first-order valence-corrected chi connectivity index (χ1v) is 14.3. The lowest BCUT2D eigenvalue weighted by Crippen LogP contribution is -2.52. The number of hydrogen-bond donors (Lipinski definition) is 1. The van der Waals surface area contributed by atoms with Crippen molar-refractivity contribution in [1.82, 2.24) is 10.2 Å². The van der Waals surface area contributed by atoms with Crippen LogP contribution in [0.1, 0.15) is 42.5 Å². The summed E-state index contributed by atoms with van der Waals surface area (Å²) >= 11 is 0. The van der Waals surface area contributed by atoms with Gasteiger partial charge in [-0.2, -0.15) is 0 Å². The fraction of sp³-hybridized carbons (Fsp3) is 0.333. The van der Waals surface area contributed by atoms with Crippen molar-refractivity contribution >= 4 is 27.5 Å². The summed E-state index contributed by atoms with van der Waals surface area (Å²) in [6.07, 6.45) is 0.388. The molecule has 3 aromatic rings. The molecule has 1 atom stereocenters. The average molecular weight is 536 g/mol. The molecule has 3 aromatic carbocycles. The van der Waals surface area contributed by atoms with Crippen molar-refractivity contribution in [2.24, 2.45) is 0 Å². The van der Waals surface area contributed by atoms with E-state index in [0.29, 0.717) is 18.7 Å². The van der Waals surface area contributed by atoms with Gasteiger partial charge in [-0.1, -0.05) is 61.0 Å². The molecule has 7 nitrogen and oxygen atoms in total. The largest absolute Gasteiger partial charge is 0.355 e. The van der Waals surface area contributed by atoms with E-state index in [0.717, 1.165) is 26.6 Å². The minimum absolute atomic E-state index is 0.0968. The smallest absolute Gasteiger partial charge is 0.264 e. The Balaban J connectivity index is 2.07. The molecule has 0 aliphatic heterocycles. The Hall–Kier alpha value is -3.65. The average Bonchev–Trinajstić information content (AvgIpc) is 2.89. The minimum Gasteiger partial charge on any atom is -0.355 e. The highest BCUT2D eigenvalue weighted by Gasteiger charge is 2.33. The Kier molecular flexibility index (Phi) is 9.69. The van der Waals surface area contributed by atoms with Gasteiger partial charge in [-0.25, -0.2) is 8.42 Å². The van der Waals surface area contributed by atoms with E-state index in [1.165, 1.54) is 4.90 Å². The topological polar surface area (TPSA) is 86.8 Å². The fourth-order valence-corrected chi connectivity index (χ4v) is 5.64. The zero-order valence-corrected chi connectivity index (χ0v) is 23.6. The maximum Gasteiger partial charge on any atom is 0.264 e. The third-order valence-electron chi connectivity index (χ3n) is 6.60. The van der Waals surface area contributed by atoms with Gasteiger partial charge in [0.25, 0.3) is 10.0 Å². The second-order valence-corrected chi connectivity index (χ2v) is 11.3. The Labute approximate surface area is 226 Å². The SMILES string of the molecule is CCNC(=O)[C@@H](CC)N(Cc1ccccc1)C(=O)CN(c1ccc(C)c(C)c1)S(=O)(=O)c1ccc(C)cc1. The number of benzene rings is 3. The van der Waals surface area contributed by atoms with Crippen LogP contribution in [0.15, 0.2) is 77.7 Å². The lowest BCUT2D eigenvalue weighted by Gasteiger charge is -2.33. The van der Waals surface area contributed by atoms with Crippen LogP contribution in [0.5, 0.6) is 0 Å². The van der Waals surface area contributed by atoms with Gasteiger partial charge in [0, 0.05) is 13.1 Å². The third-order valence-corrected chi connectivity index (χ3v) is 8.39. The van der Waals surface area contributed by atoms with Gasteiger partial charge >= 0.3 is 0 Å². The van der Waals surface area contributed by atoms with Crippen LogP contribution in [0.4, 0.5) is 5.69 Å². The monoisotopic (exact) mass is 535 g/mol. The van der Waals surface area contributed by atoms with Crippen molar-refractivity contribution in [2.45, 2.75) is 58.5 Å². The number of nitrogens with one attached hydrogen (secondary N) is 1. The van der Waals surface area contributed by atoms with E-state index in [4.69, 9.17) is 0 Å². The predicted molar refractivity (Wildman–Crippen MR) is 151 cm³/mol. The fourth-order valence-electron chi connectivity index (χ4n) is 4.24. The van der Waals surface area contributed by atoms with Crippen LogP contribution in [0.25, 0.3) is 0 Å². The first-order chi connectivity index (χ1) is 18.1. The van der Waals surface area contributed by atoms with Gasteiger partial charge in [0.1, 0.15) is 12.6 Å². The first kappa shape index (κ1) is 28.9. The lowest BCUT2D eigenvalue weighted by molar-refractivity contribution is -0.140. The zero-order valence-electron chi connectivity index (χ0n) is 22.8. The van der Waals surface area contributed by atoms with Gasteiger partial charge < -0.3 is 10.2 Å². The highest BCUT2D eigenvalue weighted by Crippen LogP contribution is 2.27. The molecule has 0 saturated heterocycles. The van der Waals surface area contributed by atoms with E-state index < -0.39 is 28.5 Å². The number of nitrogens with zero attached hydrogens (tertiary/aromatic N) is 2. The summed E-state index contributed by atoms with van der Waals surface area (Å²) in [5.41, 5.74) is 4.10. The quantitative estimate of drug-likeness (QED) is 0.384. The summed E-state index contributed by atoms with van der Waals surface area (Å²) in [5.74, 6) is -0.723. The van der Waals surface area contributed by atoms with Crippen LogP contribution in [0.2, 0.25) is 0 Å². The van der Waals surface area contributed by atoms with Crippen molar-refractivity contribution in [1.29, 1.82) is 0 Å². The van der Waals surface area contributed by atoms with E-state index >= 15 is 0 Å². The molecule has 0 aromatic heterocycles. The van der Waals surface area contributed by atoms with Gasteiger partial charge in [0.05, 0.1) is 10.6 Å². The third kappa shape index (κ3) is 6.81. The Morgan fingerprint density at radius 3 is 2.11 bits per heavy atom. The molecule has 0 heterocycles. The van der Waals surface area contributed by atoms with Crippen LogP contribution in [0, 0.1) is 20.8 Å². The molecule has 0 aliphatic rings. The van der Waals surface area contributed by atoms with E-state index in [-0.39, 0.29) is 17.3 Å². The summed E-state index contributed by atoms with van der Waals surface area (Å²) in [5, 5.41) is 2.81. The molecule has 0 bridgehead atoms. The van der Waals surface area contributed by atoms with Gasteiger partial charge in [0.15, 0.2) is 0 Å². The van der Waals surface area contributed by atoms with Crippen molar-refractivity contribution in [3.8, 4) is 0 Å². The molecule has 8 heteroatoms. The Bertz CT molecular complexity index is 1360. The van der Waals surface area contributed by atoms with Crippen LogP contribution in [-0.2, 0) is 26.2 Å². The van der Waals surface area contributed by atoms with Gasteiger partial charge in [-0.3, -0.25) is 13.9 Å². The molecule has 202 valence electrons. The van der Waals surface area contributed by atoms with E-state index in [1.807, 2.05) is 71.0 Å². The standard InChI is InChI=1S/C30H37N3O4S/c1-6-28(30(35)31-7-2)32(20-25-11-9-8-10-12-25)29(34)21-33(26-16-15-23(4)24(5)19-26)38(36,37)27-17-13-22(3)14-18-27/h8-19,28H,6-7,20-21H2,1-5H3,(H,31,35)/t28-/m1/s1. The molecule has 0 spiro atoms. The number of anilines is 1. The highest BCUT2D eigenvalue weighted by molar-refractivity contribution is 7.92.